The van der Waals surface area contributed by atoms with E-state index in [2.05, 4.69) is 10.4 Å². The van der Waals surface area contributed by atoms with E-state index in [0.29, 0.717) is 24.7 Å². The number of aryl methyl sites for hydroxylation is 3. The Kier molecular flexibility index (Phi) is 7.31. The number of halogens is 2. The molecule has 0 unspecified atom stereocenters. The van der Waals surface area contributed by atoms with E-state index in [-0.39, 0.29) is 35.0 Å². The predicted octanol–water partition coefficient (Wildman–Crippen LogP) is 2.68. The van der Waals surface area contributed by atoms with Gasteiger partial charge in [-0.25, -0.2) is 0 Å². The second-order valence-electron chi connectivity index (χ2n) is 6.99. The van der Waals surface area contributed by atoms with E-state index >= 15 is 0 Å². The molecule has 7 nitrogen and oxygen atoms in total. The lowest BCUT2D eigenvalue weighted by atomic mass is 10.1. The Balaban J connectivity index is 1.67. The summed E-state index contributed by atoms with van der Waals surface area (Å²) in [5.41, 5.74) is 8.50. The zero-order valence-electron chi connectivity index (χ0n) is 16.6. The summed E-state index contributed by atoms with van der Waals surface area (Å²) in [7, 11) is 0. The third-order valence-corrected chi connectivity index (χ3v) is 5.33. The van der Waals surface area contributed by atoms with Crippen molar-refractivity contribution in [3.63, 3.8) is 0 Å². The largest absolute Gasteiger partial charge is 0.352 e. The molecule has 1 amide bonds. The van der Waals surface area contributed by atoms with Gasteiger partial charge in [0.25, 0.3) is 5.56 Å². The van der Waals surface area contributed by atoms with Gasteiger partial charge in [-0.1, -0.05) is 29.3 Å². The first-order valence-corrected chi connectivity index (χ1v) is 10.2. The molecule has 0 fully saturated rings. The van der Waals surface area contributed by atoms with Crippen molar-refractivity contribution in [2.24, 2.45) is 5.73 Å². The highest BCUT2D eigenvalue weighted by Crippen LogP contribution is 2.16. The van der Waals surface area contributed by atoms with Crippen LogP contribution in [0.1, 0.15) is 22.3 Å². The number of pyridine rings is 1. The van der Waals surface area contributed by atoms with Crippen molar-refractivity contribution in [3.05, 3.63) is 85.5 Å². The number of nitrogens with two attached hydrogens (primary N) is 1. The van der Waals surface area contributed by atoms with Gasteiger partial charge in [0, 0.05) is 42.6 Å². The molecule has 0 aliphatic heterocycles. The van der Waals surface area contributed by atoms with Crippen LogP contribution in [0.2, 0.25) is 10.0 Å². The molecule has 2 heterocycles. The van der Waals surface area contributed by atoms with Crippen LogP contribution in [0.25, 0.3) is 0 Å². The second-order valence-corrected chi connectivity index (χ2v) is 7.84. The summed E-state index contributed by atoms with van der Waals surface area (Å²) in [6, 6.07) is 6.98. The molecular formula is C21H23Cl2N5O2. The number of hydrogen-bond acceptors (Lipinski definition) is 4. The van der Waals surface area contributed by atoms with E-state index in [1.807, 2.05) is 19.2 Å². The summed E-state index contributed by atoms with van der Waals surface area (Å²) in [6.07, 6.45) is 5.18. The molecule has 2 aromatic heterocycles. The molecule has 0 saturated carbocycles. The van der Waals surface area contributed by atoms with Gasteiger partial charge >= 0.3 is 0 Å². The summed E-state index contributed by atoms with van der Waals surface area (Å²) < 4.78 is 3.30. The molecule has 0 atom stereocenters. The third-order valence-electron chi connectivity index (χ3n) is 4.74. The van der Waals surface area contributed by atoms with Crippen molar-refractivity contribution in [1.82, 2.24) is 19.7 Å². The van der Waals surface area contributed by atoms with Crippen molar-refractivity contribution in [3.8, 4) is 0 Å². The average Bonchev–Trinajstić information content (AvgIpc) is 3.14. The Morgan fingerprint density at radius 1 is 1.20 bits per heavy atom. The van der Waals surface area contributed by atoms with Crippen LogP contribution in [-0.4, -0.2) is 20.3 Å². The van der Waals surface area contributed by atoms with E-state index in [4.69, 9.17) is 28.9 Å². The molecule has 3 aromatic rings. The maximum absolute atomic E-state index is 12.8. The lowest BCUT2D eigenvalue weighted by Crippen LogP contribution is -2.31. The normalized spacial score (nSPS) is 10.9. The van der Waals surface area contributed by atoms with Gasteiger partial charge in [-0.2, -0.15) is 5.10 Å². The van der Waals surface area contributed by atoms with Gasteiger partial charge in [0.1, 0.15) is 0 Å². The number of rotatable bonds is 8. The van der Waals surface area contributed by atoms with Gasteiger partial charge in [0.15, 0.2) is 0 Å². The first-order chi connectivity index (χ1) is 14.4. The number of hydrogen-bond donors (Lipinski definition) is 2. The van der Waals surface area contributed by atoms with Crippen LogP contribution in [0.4, 0.5) is 0 Å². The molecule has 0 aliphatic rings. The molecule has 0 radical (unpaired) electrons. The quantitative estimate of drug-likeness (QED) is 0.554. The van der Waals surface area contributed by atoms with E-state index in [0.717, 1.165) is 16.7 Å². The maximum Gasteiger partial charge on any atom is 0.255 e. The van der Waals surface area contributed by atoms with Crippen molar-refractivity contribution in [2.75, 3.05) is 0 Å². The molecule has 9 heteroatoms. The van der Waals surface area contributed by atoms with Crippen LogP contribution in [0, 0.1) is 6.92 Å². The van der Waals surface area contributed by atoms with Crippen LogP contribution in [0.3, 0.4) is 0 Å². The van der Waals surface area contributed by atoms with Crippen molar-refractivity contribution in [2.45, 2.75) is 39.5 Å². The van der Waals surface area contributed by atoms with E-state index < -0.39 is 0 Å². The SMILES string of the molecule is Cc1cnn(CCn2ccc(Cl)c(CC(=O)NCc3cc(Cl)ccc3CN)c2=O)c1. The number of nitrogens with one attached hydrogen (secondary N) is 1. The lowest BCUT2D eigenvalue weighted by molar-refractivity contribution is -0.120. The number of nitrogens with zero attached hydrogens (tertiary/aromatic N) is 3. The van der Waals surface area contributed by atoms with Crippen molar-refractivity contribution < 1.29 is 4.79 Å². The highest BCUT2D eigenvalue weighted by molar-refractivity contribution is 6.31. The summed E-state index contributed by atoms with van der Waals surface area (Å²) >= 11 is 12.2. The molecule has 3 rings (SSSR count). The highest BCUT2D eigenvalue weighted by Gasteiger charge is 2.14. The zero-order valence-corrected chi connectivity index (χ0v) is 18.1. The molecule has 0 aliphatic carbocycles. The lowest BCUT2D eigenvalue weighted by Gasteiger charge is -2.12. The van der Waals surface area contributed by atoms with Crippen molar-refractivity contribution in [1.29, 1.82) is 0 Å². The molecule has 1 aromatic carbocycles. The molecule has 0 spiro atoms. The van der Waals surface area contributed by atoms with Gasteiger partial charge in [0.2, 0.25) is 5.91 Å². The minimum absolute atomic E-state index is 0.113. The Labute approximate surface area is 184 Å². The summed E-state index contributed by atoms with van der Waals surface area (Å²) in [4.78, 5) is 25.3. The van der Waals surface area contributed by atoms with Crippen LogP contribution in [-0.2, 0) is 37.4 Å². The Hall–Kier alpha value is -2.61. The van der Waals surface area contributed by atoms with Gasteiger partial charge in [0.05, 0.1) is 24.2 Å². The van der Waals surface area contributed by atoms with E-state index in [9.17, 15) is 9.59 Å². The smallest absolute Gasteiger partial charge is 0.255 e. The molecule has 3 N–H and O–H groups in total. The minimum atomic E-state index is -0.308. The van der Waals surface area contributed by atoms with E-state index in [1.54, 1.807) is 35.3 Å². The summed E-state index contributed by atoms with van der Waals surface area (Å²) in [5.74, 6) is -0.308. The van der Waals surface area contributed by atoms with Crippen LogP contribution < -0.4 is 16.6 Å². The van der Waals surface area contributed by atoms with E-state index in [1.165, 1.54) is 4.57 Å². The molecule has 30 heavy (non-hydrogen) atoms. The Morgan fingerprint density at radius 2 is 2.00 bits per heavy atom. The van der Waals surface area contributed by atoms with Gasteiger partial charge in [-0.15, -0.1) is 0 Å². The third kappa shape index (κ3) is 5.50. The standard InChI is InChI=1S/C21H23Cl2N5O2/c1-14-11-26-28(13-14)7-6-27-5-4-19(23)18(21(27)30)9-20(29)25-12-16-8-17(22)3-2-15(16)10-24/h2-5,8,11,13H,6-7,9-10,12,24H2,1H3,(H,25,29). The monoisotopic (exact) mass is 447 g/mol. The van der Waals surface area contributed by atoms with Crippen LogP contribution in [0.15, 0.2) is 47.7 Å². The number of carbonyl (C=O) groups is 1. The summed E-state index contributed by atoms with van der Waals surface area (Å²) in [6.45, 7) is 3.52. The Bertz CT molecular complexity index is 1110. The molecular weight excluding hydrogens is 425 g/mol. The number of carbonyl (C=O) groups excluding carboxylic acids is 1. The zero-order chi connectivity index (χ0) is 21.7. The van der Waals surface area contributed by atoms with Crippen molar-refractivity contribution >= 4 is 29.1 Å². The minimum Gasteiger partial charge on any atom is -0.352 e. The maximum atomic E-state index is 12.8. The molecule has 0 bridgehead atoms. The summed E-state index contributed by atoms with van der Waals surface area (Å²) in [5, 5.41) is 7.86. The first-order valence-electron chi connectivity index (χ1n) is 9.48. The van der Waals surface area contributed by atoms with Crippen LogP contribution >= 0.6 is 23.2 Å². The number of aromatic nitrogens is 3. The second kappa shape index (κ2) is 9.93. The predicted molar refractivity (Wildman–Crippen MR) is 118 cm³/mol. The number of amides is 1. The molecule has 0 saturated heterocycles. The van der Waals surface area contributed by atoms with Gasteiger partial charge < -0.3 is 15.6 Å². The first kappa shape index (κ1) is 22.1. The molecule has 158 valence electrons. The fourth-order valence-corrected chi connectivity index (χ4v) is 3.51. The highest BCUT2D eigenvalue weighted by atomic mass is 35.5. The fraction of sp³-hybridized carbons (Fsp3) is 0.286. The van der Waals surface area contributed by atoms with Crippen LogP contribution in [0.5, 0.6) is 0 Å². The fourth-order valence-electron chi connectivity index (χ4n) is 3.11. The topological polar surface area (TPSA) is 94.9 Å². The van der Waals surface area contributed by atoms with Gasteiger partial charge in [-0.3, -0.25) is 14.3 Å². The Morgan fingerprint density at radius 3 is 2.70 bits per heavy atom. The number of benzene rings is 1. The van der Waals surface area contributed by atoms with Gasteiger partial charge in [-0.05, 0) is 41.8 Å². The average molecular weight is 448 g/mol.